The van der Waals surface area contributed by atoms with Gasteiger partial charge in [0.1, 0.15) is 5.75 Å². The third-order valence-corrected chi connectivity index (χ3v) is 2.90. The molecule has 0 aliphatic rings. The van der Waals surface area contributed by atoms with Gasteiger partial charge in [-0.05, 0) is 37.3 Å². The Morgan fingerprint density at radius 2 is 2.10 bits per heavy atom. The number of nitrogens with one attached hydrogen (secondary N) is 1. The minimum Gasteiger partial charge on any atom is -0.494 e. The number of ether oxygens (including phenoxy) is 1. The van der Waals surface area contributed by atoms with Crippen LogP contribution in [-0.4, -0.2) is 12.5 Å². The van der Waals surface area contributed by atoms with Gasteiger partial charge in [-0.1, -0.05) is 17.7 Å². The van der Waals surface area contributed by atoms with Gasteiger partial charge in [0.15, 0.2) is 0 Å². The fourth-order valence-electron chi connectivity index (χ4n) is 1.77. The summed E-state index contributed by atoms with van der Waals surface area (Å²) in [4.78, 5) is 12.1. The zero-order valence-electron chi connectivity index (χ0n) is 11.0. The Balaban J connectivity index is 2.17. The molecule has 0 aliphatic heterocycles. The van der Waals surface area contributed by atoms with E-state index in [9.17, 15) is 4.79 Å². The lowest BCUT2D eigenvalue weighted by Gasteiger charge is -2.09. The zero-order chi connectivity index (χ0) is 14.5. The van der Waals surface area contributed by atoms with Crippen LogP contribution in [-0.2, 0) is 0 Å². The Hall–Kier alpha value is -2.20. The smallest absolute Gasteiger partial charge is 0.257 e. The van der Waals surface area contributed by atoms with Gasteiger partial charge < -0.3 is 15.8 Å². The molecule has 0 atom stereocenters. The van der Waals surface area contributed by atoms with E-state index in [1.807, 2.05) is 19.1 Å². The quantitative estimate of drug-likeness (QED) is 0.846. The molecule has 2 aromatic rings. The first kappa shape index (κ1) is 14.2. The van der Waals surface area contributed by atoms with Crippen LogP contribution in [0.4, 0.5) is 11.4 Å². The number of anilines is 2. The average molecular weight is 291 g/mol. The van der Waals surface area contributed by atoms with Crippen LogP contribution in [0.2, 0.25) is 5.02 Å². The van der Waals surface area contributed by atoms with Crippen LogP contribution in [0, 0.1) is 0 Å². The van der Waals surface area contributed by atoms with Crippen LogP contribution < -0.4 is 15.8 Å². The van der Waals surface area contributed by atoms with E-state index in [1.54, 1.807) is 30.3 Å². The maximum atomic E-state index is 12.1. The van der Waals surface area contributed by atoms with E-state index in [-0.39, 0.29) is 5.91 Å². The largest absolute Gasteiger partial charge is 0.494 e. The summed E-state index contributed by atoms with van der Waals surface area (Å²) in [6.45, 7) is 2.47. The van der Waals surface area contributed by atoms with Gasteiger partial charge in [-0.25, -0.2) is 0 Å². The van der Waals surface area contributed by atoms with Gasteiger partial charge in [-0.15, -0.1) is 0 Å². The van der Waals surface area contributed by atoms with E-state index >= 15 is 0 Å². The molecule has 2 aromatic carbocycles. The molecule has 0 bridgehead atoms. The van der Waals surface area contributed by atoms with Gasteiger partial charge in [0, 0.05) is 22.5 Å². The number of amides is 1. The summed E-state index contributed by atoms with van der Waals surface area (Å²) in [7, 11) is 0. The predicted octanol–water partition coefficient (Wildman–Crippen LogP) is 3.57. The molecule has 0 fully saturated rings. The normalized spacial score (nSPS) is 10.1. The van der Waals surface area contributed by atoms with E-state index in [2.05, 4.69) is 5.32 Å². The highest BCUT2D eigenvalue weighted by Crippen LogP contribution is 2.21. The molecule has 3 N–H and O–H groups in total. The second-order valence-corrected chi connectivity index (χ2v) is 4.58. The van der Waals surface area contributed by atoms with Crippen molar-refractivity contribution in [2.75, 3.05) is 17.7 Å². The summed E-state index contributed by atoms with van der Waals surface area (Å²) in [5, 5.41) is 3.27. The molecule has 20 heavy (non-hydrogen) atoms. The Morgan fingerprint density at radius 3 is 2.80 bits per heavy atom. The first-order valence-corrected chi connectivity index (χ1v) is 6.57. The number of hydrogen-bond acceptors (Lipinski definition) is 3. The number of carbonyl (C=O) groups excluding carboxylic acids is 1. The van der Waals surface area contributed by atoms with Crippen LogP contribution in [0.25, 0.3) is 0 Å². The molecule has 0 saturated heterocycles. The number of nitrogen functional groups attached to an aromatic ring is 1. The summed E-state index contributed by atoms with van der Waals surface area (Å²) in [5.41, 5.74) is 7.16. The standard InChI is InChI=1S/C15H15ClN2O2/c1-2-20-12-5-3-4-11(9-12)18-15(19)13-7-6-10(16)8-14(13)17/h3-9H,2,17H2,1H3,(H,18,19). The SMILES string of the molecule is CCOc1cccc(NC(=O)c2ccc(Cl)cc2N)c1. The molecule has 0 unspecified atom stereocenters. The van der Waals surface area contributed by atoms with Crippen molar-refractivity contribution in [3.63, 3.8) is 0 Å². The number of halogens is 1. The molecule has 2 rings (SSSR count). The lowest BCUT2D eigenvalue weighted by molar-refractivity contribution is 0.102. The molecule has 0 aromatic heterocycles. The fraction of sp³-hybridized carbons (Fsp3) is 0.133. The summed E-state index contributed by atoms with van der Waals surface area (Å²) >= 11 is 5.81. The maximum Gasteiger partial charge on any atom is 0.257 e. The summed E-state index contributed by atoms with van der Waals surface area (Å²) in [6.07, 6.45) is 0. The molecule has 1 amide bonds. The molecule has 0 spiro atoms. The second kappa shape index (κ2) is 6.30. The van der Waals surface area contributed by atoms with E-state index in [4.69, 9.17) is 22.1 Å². The number of carbonyl (C=O) groups is 1. The summed E-state index contributed by atoms with van der Waals surface area (Å²) < 4.78 is 5.38. The monoisotopic (exact) mass is 290 g/mol. The van der Waals surface area contributed by atoms with Crippen molar-refractivity contribution in [1.82, 2.24) is 0 Å². The van der Waals surface area contributed by atoms with Crippen LogP contribution in [0.3, 0.4) is 0 Å². The van der Waals surface area contributed by atoms with Crippen LogP contribution in [0.15, 0.2) is 42.5 Å². The Kier molecular flexibility index (Phi) is 4.48. The van der Waals surface area contributed by atoms with Crippen molar-refractivity contribution in [2.45, 2.75) is 6.92 Å². The lowest BCUT2D eigenvalue weighted by atomic mass is 10.1. The Morgan fingerprint density at radius 1 is 1.30 bits per heavy atom. The van der Waals surface area contributed by atoms with Crippen LogP contribution in [0.5, 0.6) is 5.75 Å². The van der Waals surface area contributed by atoms with Crippen LogP contribution >= 0.6 is 11.6 Å². The van der Waals surface area contributed by atoms with Gasteiger partial charge in [0.05, 0.1) is 12.2 Å². The van der Waals surface area contributed by atoms with E-state index in [0.717, 1.165) is 0 Å². The maximum absolute atomic E-state index is 12.1. The van der Waals surface area contributed by atoms with Crippen molar-refractivity contribution >= 4 is 28.9 Å². The fourth-order valence-corrected chi connectivity index (χ4v) is 1.95. The zero-order valence-corrected chi connectivity index (χ0v) is 11.8. The summed E-state index contributed by atoms with van der Waals surface area (Å²) in [5.74, 6) is 0.419. The lowest BCUT2D eigenvalue weighted by Crippen LogP contribution is -2.14. The minimum absolute atomic E-state index is 0.284. The number of nitrogens with two attached hydrogens (primary N) is 1. The van der Waals surface area contributed by atoms with Crippen LogP contribution in [0.1, 0.15) is 17.3 Å². The molecule has 0 radical (unpaired) electrons. The molecule has 0 aliphatic carbocycles. The minimum atomic E-state index is -0.284. The van der Waals surface area contributed by atoms with Gasteiger partial charge in [-0.3, -0.25) is 4.79 Å². The van der Waals surface area contributed by atoms with Crippen molar-refractivity contribution in [3.05, 3.63) is 53.1 Å². The van der Waals surface area contributed by atoms with E-state index < -0.39 is 0 Å². The second-order valence-electron chi connectivity index (χ2n) is 4.15. The van der Waals surface area contributed by atoms with Crippen molar-refractivity contribution in [3.8, 4) is 5.75 Å². The third-order valence-electron chi connectivity index (χ3n) is 2.66. The number of hydrogen-bond donors (Lipinski definition) is 2. The van der Waals surface area contributed by atoms with E-state index in [0.29, 0.717) is 34.3 Å². The highest BCUT2D eigenvalue weighted by Gasteiger charge is 2.10. The highest BCUT2D eigenvalue weighted by atomic mass is 35.5. The molecule has 0 saturated carbocycles. The first-order valence-electron chi connectivity index (χ1n) is 6.19. The van der Waals surface area contributed by atoms with Crippen molar-refractivity contribution < 1.29 is 9.53 Å². The highest BCUT2D eigenvalue weighted by molar-refractivity contribution is 6.31. The van der Waals surface area contributed by atoms with Gasteiger partial charge >= 0.3 is 0 Å². The Labute approximate surface area is 122 Å². The molecule has 4 nitrogen and oxygen atoms in total. The number of rotatable bonds is 4. The van der Waals surface area contributed by atoms with Crippen molar-refractivity contribution in [1.29, 1.82) is 0 Å². The average Bonchev–Trinajstić information content (AvgIpc) is 2.39. The molecule has 104 valence electrons. The van der Waals surface area contributed by atoms with Gasteiger partial charge in [0.25, 0.3) is 5.91 Å². The van der Waals surface area contributed by atoms with Gasteiger partial charge in [0.2, 0.25) is 0 Å². The Bertz CT molecular complexity index is 629. The topological polar surface area (TPSA) is 64.3 Å². The first-order chi connectivity index (χ1) is 9.60. The third kappa shape index (κ3) is 3.42. The summed E-state index contributed by atoms with van der Waals surface area (Å²) in [6, 6.07) is 12.0. The molecule has 5 heteroatoms. The molecular formula is C15H15ClN2O2. The van der Waals surface area contributed by atoms with Crippen molar-refractivity contribution in [2.24, 2.45) is 0 Å². The predicted molar refractivity (Wildman–Crippen MR) is 81.4 cm³/mol. The van der Waals surface area contributed by atoms with Gasteiger partial charge in [-0.2, -0.15) is 0 Å². The van der Waals surface area contributed by atoms with E-state index in [1.165, 1.54) is 0 Å². The molecular weight excluding hydrogens is 276 g/mol. The molecule has 0 heterocycles. The number of benzene rings is 2.